The third kappa shape index (κ3) is 35.9. The molecule has 0 bridgehead atoms. The minimum atomic E-state index is -4.91. The molecular formula is C41H72NO11PS. The second-order valence-corrected chi connectivity index (χ2v) is 16.8. The standard InChI is InChI=1S/C41H72NO11PS/c1-4-5-6-7-8-9-10-11-14-17-20-23-28-38(37(43)27-25-29-39(44)45)55-33-36(42)41(47)53-35(32-52-54(48,49)50)31-51-40(46)30-24-21-18-15-12-13-16-19-22-26-34(2)3/h8-9,11,14,17,20,23,28,34-38,43H,4-7,10,12-13,15-16,18-19,21-22,24-27,29-33,42H2,1-3H3,(H,44,45)(H2,48,49,50)/b9-8-,14-11-,20-17+,28-23+/t35-,36+,37+,38-/m1/s1. The van der Waals surface area contributed by atoms with Gasteiger partial charge in [0.15, 0.2) is 6.10 Å². The summed E-state index contributed by atoms with van der Waals surface area (Å²) in [5, 5.41) is 19.3. The molecule has 0 aromatic carbocycles. The number of unbranched alkanes of at least 4 members (excludes halogenated alkanes) is 11. The molecule has 0 unspecified atom stereocenters. The smallest absolute Gasteiger partial charge is 0.469 e. The van der Waals surface area contributed by atoms with Gasteiger partial charge in [0, 0.05) is 23.8 Å². The highest BCUT2D eigenvalue weighted by Gasteiger charge is 2.27. The summed E-state index contributed by atoms with van der Waals surface area (Å²) in [5.41, 5.74) is 6.11. The minimum Gasteiger partial charge on any atom is -0.481 e. The van der Waals surface area contributed by atoms with Crippen molar-refractivity contribution in [2.45, 2.75) is 166 Å². The molecule has 0 saturated carbocycles. The highest BCUT2D eigenvalue weighted by molar-refractivity contribution is 8.00. The summed E-state index contributed by atoms with van der Waals surface area (Å²) < 4.78 is 26.5. The molecule has 12 nitrogen and oxygen atoms in total. The van der Waals surface area contributed by atoms with Crippen LogP contribution in [0.25, 0.3) is 0 Å². The van der Waals surface area contributed by atoms with Crippen molar-refractivity contribution >= 4 is 37.5 Å². The van der Waals surface area contributed by atoms with Crippen LogP contribution in [-0.2, 0) is 32.9 Å². The van der Waals surface area contributed by atoms with Gasteiger partial charge in [0.05, 0.1) is 12.7 Å². The molecule has 0 rings (SSSR count). The molecule has 0 aliphatic rings. The number of carbonyl (C=O) groups is 3. The number of allylic oxidation sites excluding steroid dienone is 7. The van der Waals surface area contributed by atoms with Crippen LogP contribution in [0.2, 0.25) is 0 Å². The van der Waals surface area contributed by atoms with Crippen LogP contribution in [0.1, 0.15) is 143 Å². The van der Waals surface area contributed by atoms with E-state index in [9.17, 15) is 33.8 Å². The first kappa shape index (κ1) is 52.8. The molecule has 0 amide bonds. The number of aliphatic hydroxyl groups is 1. The van der Waals surface area contributed by atoms with E-state index in [1.807, 2.05) is 18.2 Å². The molecule has 0 radical (unpaired) electrons. The van der Waals surface area contributed by atoms with E-state index in [-0.39, 0.29) is 31.4 Å². The lowest BCUT2D eigenvalue weighted by Gasteiger charge is -2.23. The van der Waals surface area contributed by atoms with Gasteiger partial charge in [-0.15, -0.1) is 11.8 Å². The van der Waals surface area contributed by atoms with Gasteiger partial charge < -0.3 is 35.2 Å². The Morgan fingerprint density at radius 1 is 0.782 bits per heavy atom. The number of ether oxygens (including phenoxy) is 2. The minimum absolute atomic E-state index is 0.00201. The molecule has 0 heterocycles. The van der Waals surface area contributed by atoms with Crippen molar-refractivity contribution in [1.29, 1.82) is 0 Å². The van der Waals surface area contributed by atoms with Gasteiger partial charge in [-0.05, 0) is 44.4 Å². The van der Waals surface area contributed by atoms with Gasteiger partial charge in [0.25, 0.3) is 0 Å². The van der Waals surface area contributed by atoms with Crippen LogP contribution < -0.4 is 5.73 Å². The number of phosphoric ester groups is 1. The van der Waals surface area contributed by atoms with Gasteiger partial charge in [0.1, 0.15) is 12.6 Å². The van der Waals surface area contributed by atoms with Crippen LogP contribution in [0.15, 0.2) is 48.6 Å². The lowest BCUT2D eigenvalue weighted by Crippen LogP contribution is -2.40. The fourth-order valence-electron chi connectivity index (χ4n) is 5.33. The summed E-state index contributed by atoms with van der Waals surface area (Å²) in [5.74, 6) is -1.63. The molecule has 318 valence electrons. The molecule has 0 aromatic rings. The van der Waals surface area contributed by atoms with Crippen LogP contribution in [0.4, 0.5) is 0 Å². The summed E-state index contributed by atoms with van der Waals surface area (Å²) in [7, 11) is -4.91. The first-order valence-corrected chi connectivity index (χ1v) is 22.8. The van der Waals surface area contributed by atoms with Crippen LogP contribution in [0, 0.1) is 5.92 Å². The highest BCUT2D eigenvalue weighted by atomic mass is 32.2. The molecule has 14 heteroatoms. The third-order valence-corrected chi connectivity index (χ3v) is 10.4. The molecule has 0 saturated heterocycles. The van der Waals surface area contributed by atoms with Gasteiger partial charge in [-0.25, -0.2) is 4.57 Å². The zero-order chi connectivity index (χ0) is 41.2. The first-order chi connectivity index (χ1) is 26.2. The van der Waals surface area contributed by atoms with Crippen molar-refractivity contribution in [3.8, 4) is 0 Å². The van der Waals surface area contributed by atoms with E-state index in [2.05, 4.69) is 37.4 Å². The number of aliphatic hydroxyl groups excluding tert-OH is 1. The highest BCUT2D eigenvalue weighted by Crippen LogP contribution is 2.36. The Hall–Kier alpha value is -2.25. The van der Waals surface area contributed by atoms with Gasteiger partial charge in [-0.2, -0.15) is 0 Å². The number of phosphoric acid groups is 1. The Morgan fingerprint density at radius 2 is 1.44 bits per heavy atom. The Balaban J connectivity index is 4.97. The number of hydrogen-bond acceptors (Lipinski definition) is 10. The summed E-state index contributed by atoms with van der Waals surface area (Å²) in [4.78, 5) is 54.6. The topological polar surface area (TPSA) is 203 Å². The quantitative estimate of drug-likeness (QED) is 0.0132. The summed E-state index contributed by atoms with van der Waals surface area (Å²) >= 11 is 1.18. The average molecular weight is 818 g/mol. The predicted octanol–water partition coefficient (Wildman–Crippen LogP) is 8.74. The van der Waals surface area contributed by atoms with E-state index in [1.165, 1.54) is 69.5 Å². The molecule has 0 spiro atoms. The second kappa shape index (κ2) is 35.0. The van der Waals surface area contributed by atoms with Crippen molar-refractivity contribution in [3.05, 3.63) is 48.6 Å². The number of aliphatic carboxylic acids is 1. The van der Waals surface area contributed by atoms with Gasteiger partial charge in [-0.1, -0.05) is 140 Å². The second-order valence-electron chi connectivity index (χ2n) is 14.3. The van der Waals surface area contributed by atoms with E-state index in [0.717, 1.165) is 38.0 Å². The van der Waals surface area contributed by atoms with Crippen LogP contribution >= 0.6 is 19.6 Å². The fraction of sp³-hybridized carbons (Fsp3) is 0.732. The Bertz CT molecular complexity index is 1170. The number of carbonyl (C=O) groups excluding carboxylic acids is 2. The molecular weight excluding hydrogens is 745 g/mol. The monoisotopic (exact) mass is 817 g/mol. The lowest BCUT2D eigenvalue weighted by atomic mass is 10.0. The van der Waals surface area contributed by atoms with Crippen molar-refractivity contribution in [2.75, 3.05) is 19.0 Å². The van der Waals surface area contributed by atoms with Crippen molar-refractivity contribution in [2.24, 2.45) is 11.7 Å². The number of rotatable bonds is 36. The molecule has 55 heavy (non-hydrogen) atoms. The number of thioether (sulfide) groups is 1. The fourth-order valence-corrected chi connectivity index (χ4v) is 6.82. The normalized spacial score (nSPS) is 14.7. The maximum absolute atomic E-state index is 12.9. The maximum Gasteiger partial charge on any atom is 0.469 e. The van der Waals surface area contributed by atoms with E-state index < -0.39 is 62.4 Å². The largest absolute Gasteiger partial charge is 0.481 e. The SMILES string of the molecule is CCCCC/C=C\C\C=C/C=C/C=C/[C@@H](SC[C@H](N)C(=O)O[C@H](COC(=O)CCCCCCCCCCCC(C)C)COP(=O)(O)O)[C@@H](O)CCCC(=O)O. The summed E-state index contributed by atoms with van der Waals surface area (Å²) in [6.07, 6.45) is 30.4. The van der Waals surface area contributed by atoms with E-state index in [1.54, 1.807) is 18.2 Å². The zero-order valence-electron chi connectivity index (χ0n) is 33.6. The van der Waals surface area contributed by atoms with Crippen LogP contribution in [0.3, 0.4) is 0 Å². The van der Waals surface area contributed by atoms with Gasteiger partial charge in [0.2, 0.25) is 0 Å². The van der Waals surface area contributed by atoms with E-state index >= 15 is 0 Å². The van der Waals surface area contributed by atoms with E-state index in [4.69, 9.17) is 20.3 Å². The van der Waals surface area contributed by atoms with E-state index in [0.29, 0.717) is 6.42 Å². The molecule has 0 aliphatic carbocycles. The average Bonchev–Trinajstić information content (AvgIpc) is 3.12. The number of nitrogens with two attached hydrogens (primary N) is 1. The van der Waals surface area contributed by atoms with Crippen molar-refractivity contribution in [3.63, 3.8) is 0 Å². The Labute approximate surface area is 335 Å². The predicted molar refractivity (Wildman–Crippen MR) is 221 cm³/mol. The third-order valence-electron chi connectivity index (χ3n) is 8.53. The van der Waals surface area contributed by atoms with Crippen molar-refractivity contribution < 1.29 is 52.9 Å². The van der Waals surface area contributed by atoms with Crippen LogP contribution in [0.5, 0.6) is 0 Å². The summed E-state index contributed by atoms with van der Waals surface area (Å²) in [6.45, 7) is 5.49. The van der Waals surface area contributed by atoms with Gasteiger partial charge in [-0.3, -0.25) is 18.9 Å². The zero-order valence-corrected chi connectivity index (χ0v) is 35.4. The molecule has 0 fully saturated rings. The van der Waals surface area contributed by atoms with Gasteiger partial charge >= 0.3 is 25.7 Å². The number of hydrogen-bond donors (Lipinski definition) is 5. The first-order valence-electron chi connectivity index (χ1n) is 20.2. The summed E-state index contributed by atoms with van der Waals surface area (Å²) in [6, 6.07) is -1.20. The maximum atomic E-state index is 12.9. The molecule has 4 atom stereocenters. The Kier molecular flexibility index (Phi) is 33.5. The number of carboxylic acid groups (broad SMARTS) is 1. The Morgan fingerprint density at radius 3 is 2.07 bits per heavy atom. The van der Waals surface area contributed by atoms with Crippen LogP contribution in [-0.4, -0.2) is 80.4 Å². The molecule has 0 aliphatic heterocycles. The van der Waals surface area contributed by atoms with Crippen molar-refractivity contribution in [1.82, 2.24) is 0 Å². The number of esters is 2. The molecule has 0 aromatic heterocycles. The molecule has 6 N–H and O–H groups in total. The lowest BCUT2D eigenvalue weighted by molar-refractivity contribution is -0.161. The number of carboxylic acids is 1.